The summed E-state index contributed by atoms with van der Waals surface area (Å²) in [5.74, 6) is 0.0536. The normalized spacial score (nSPS) is 18.5. The molecule has 0 bridgehead atoms. The molecule has 1 fully saturated rings. The standard InChI is InChI=1S/C14H20N2O/c1-10(14(2)7-8-14)16(3)13(17)11-5-4-6-12(15)9-11/h4-6,9-10H,7-8,15H2,1-3H3. The monoisotopic (exact) mass is 232 g/mol. The van der Waals surface area contributed by atoms with Crippen molar-refractivity contribution in [3.8, 4) is 0 Å². The summed E-state index contributed by atoms with van der Waals surface area (Å²) in [6.45, 7) is 4.36. The first-order valence-corrected chi connectivity index (χ1v) is 6.07. The van der Waals surface area contributed by atoms with Gasteiger partial charge < -0.3 is 10.6 Å². The molecular formula is C14H20N2O. The summed E-state index contributed by atoms with van der Waals surface area (Å²) in [7, 11) is 1.87. The maximum Gasteiger partial charge on any atom is 0.253 e. The van der Waals surface area contributed by atoms with Crippen LogP contribution in [0.1, 0.15) is 37.0 Å². The number of amides is 1. The zero-order valence-corrected chi connectivity index (χ0v) is 10.7. The predicted molar refractivity (Wildman–Crippen MR) is 69.8 cm³/mol. The summed E-state index contributed by atoms with van der Waals surface area (Å²) in [5, 5.41) is 0. The molecule has 2 rings (SSSR count). The zero-order chi connectivity index (χ0) is 12.6. The molecule has 1 saturated carbocycles. The van der Waals surface area contributed by atoms with E-state index in [-0.39, 0.29) is 11.9 Å². The summed E-state index contributed by atoms with van der Waals surface area (Å²) in [5.41, 5.74) is 7.31. The lowest BCUT2D eigenvalue weighted by Gasteiger charge is -2.30. The first-order valence-electron chi connectivity index (χ1n) is 6.07. The van der Waals surface area contributed by atoms with E-state index in [1.54, 1.807) is 12.1 Å². The lowest BCUT2D eigenvalue weighted by Crippen LogP contribution is -2.40. The van der Waals surface area contributed by atoms with E-state index in [0.717, 1.165) is 0 Å². The molecule has 1 aliphatic carbocycles. The van der Waals surface area contributed by atoms with E-state index in [1.165, 1.54) is 12.8 Å². The molecule has 17 heavy (non-hydrogen) atoms. The van der Waals surface area contributed by atoms with Crippen molar-refractivity contribution in [2.24, 2.45) is 5.41 Å². The number of hydrogen-bond acceptors (Lipinski definition) is 2. The van der Waals surface area contributed by atoms with Crippen LogP contribution in [0.25, 0.3) is 0 Å². The van der Waals surface area contributed by atoms with Crippen molar-refractivity contribution in [3.05, 3.63) is 29.8 Å². The topological polar surface area (TPSA) is 46.3 Å². The van der Waals surface area contributed by atoms with Gasteiger partial charge in [-0.3, -0.25) is 4.79 Å². The number of nitrogens with zero attached hydrogens (tertiary/aromatic N) is 1. The maximum absolute atomic E-state index is 12.3. The molecular weight excluding hydrogens is 212 g/mol. The van der Waals surface area contributed by atoms with Crippen LogP contribution in [0, 0.1) is 5.41 Å². The van der Waals surface area contributed by atoms with Crippen molar-refractivity contribution in [2.45, 2.75) is 32.7 Å². The molecule has 2 N–H and O–H groups in total. The van der Waals surface area contributed by atoms with Gasteiger partial charge in [-0.15, -0.1) is 0 Å². The summed E-state index contributed by atoms with van der Waals surface area (Å²) in [4.78, 5) is 14.1. The first kappa shape index (κ1) is 12.0. The summed E-state index contributed by atoms with van der Waals surface area (Å²) in [6.07, 6.45) is 2.42. The van der Waals surface area contributed by atoms with Gasteiger partial charge in [-0.05, 0) is 43.4 Å². The van der Waals surface area contributed by atoms with E-state index in [9.17, 15) is 4.79 Å². The maximum atomic E-state index is 12.3. The molecule has 0 aromatic heterocycles. The van der Waals surface area contributed by atoms with Gasteiger partial charge in [0.25, 0.3) is 5.91 Å². The molecule has 0 aliphatic heterocycles. The second-order valence-corrected chi connectivity index (χ2v) is 5.37. The Morgan fingerprint density at radius 1 is 1.47 bits per heavy atom. The Bertz CT molecular complexity index is 438. The van der Waals surface area contributed by atoms with Crippen LogP contribution in [0.2, 0.25) is 0 Å². The van der Waals surface area contributed by atoms with E-state index in [4.69, 9.17) is 5.73 Å². The highest BCUT2D eigenvalue weighted by atomic mass is 16.2. The molecule has 92 valence electrons. The molecule has 3 nitrogen and oxygen atoms in total. The SMILES string of the molecule is CC(N(C)C(=O)c1cccc(N)c1)C1(C)CC1. The van der Waals surface area contributed by atoms with Crippen LogP contribution >= 0.6 is 0 Å². The van der Waals surface area contributed by atoms with E-state index >= 15 is 0 Å². The Morgan fingerprint density at radius 3 is 2.65 bits per heavy atom. The van der Waals surface area contributed by atoms with Gasteiger partial charge in [0.2, 0.25) is 0 Å². The molecule has 1 atom stereocenters. The smallest absolute Gasteiger partial charge is 0.253 e. The summed E-state index contributed by atoms with van der Waals surface area (Å²) in [6, 6.07) is 7.44. The number of carbonyl (C=O) groups excluding carboxylic acids is 1. The molecule has 1 unspecified atom stereocenters. The molecule has 3 heteroatoms. The van der Waals surface area contributed by atoms with Crippen molar-refractivity contribution < 1.29 is 4.79 Å². The number of nitrogens with two attached hydrogens (primary N) is 1. The highest BCUT2D eigenvalue weighted by Crippen LogP contribution is 2.49. The van der Waals surface area contributed by atoms with Gasteiger partial charge in [-0.2, -0.15) is 0 Å². The molecule has 1 amide bonds. The minimum atomic E-state index is 0.0536. The van der Waals surface area contributed by atoms with Crippen LogP contribution in [-0.4, -0.2) is 23.9 Å². The van der Waals surface area contributed by atoms with Crippen LogP contribution in [0.4, 0.5) is 5.69 Å². The third kappa shape index (κ3) is 2.28. The Balaban J connectivity index is 2.14. The Labute approximate surface area is 103 Å². The zero-order valence-electron chi connectivity index (χ0n) is 10.7. The van der Waals surface area contributed by atoms with Gasteiger partial charge in [-0.1, -0.05) is 13.0 Å². The second kappa shape index (κ2) is 4.06. The van der Waals surface area contributed by atoms with Gasteiger partial charge in [0.1, 0.15) is 0 Å². The largest absolute Gasteiger partial charge is 0.399 e. The third-order valence-electron chi connectivity index (χ3n) is 4.08. The molecule has 1 aromatic carbocycles. The van der Waals surface area contributed by atoms with Gasteiger partial charge in [0.15, 0.2) is 0 Å². The number of rotatable bonds is 3. The Hall–Kier alpha value is -1.51. The average molecular weight is 232 g/mol. The first-order chi connectivity index (χ1) is 7.94. The minimum Gasteiger partial charge on any atom is -0.399 e. The fraction of sp³-hybridized carbons (Fsp3) is 0.500. The molecule has 1 aromatic rings. The van der Waals surface area contributed by atoms with Crippen molar-refractivity contribution in [1.82, 2.24) is 4.90 Å². The van der Waals surface area contributed by atoms with Crippen molar-refractivity contribution >= 4 is 11.6 Å². The third-order valence-corrected chi connectivity index (χ3v) is 4.08. The fourth-order valence-electron chi connectivity index (χ4n) is 2.13. The van der Waals surface area contributed by atoms with Gasteiger partial charge >= 0.3 is 0 Å². The van der Waals surface area contributed by atoms with E-state index in [0.29, 0.717) is 16.7 Å². The number of carbonyl (C=O) groups is 1. The van der Waals surface area contributed by atoms with Crippen LogP contribution in [-0.2, 0) is 0 Å². The van der Waals surface area contributed by atoms with Crippen molar-refractivity contribution in [1.29, 1.82) is 0 Å². The fourth-order valence-corrected chi connectivity index (χ4v) is 2.13. The number of nitrogen functional groups attached to an aromatic ring is 1. The van der Waals surface area contributed by atoms with Crippen molar-refractivity contribution in [3.63, 3.8) is 0 Å². The van der Waals surface area contributed by atoms with Crippen LogP contribution in [0.5, 0.6) is 0 Å². The van der Waals surface area contributed by atoms with E-state index in [2.05, 4.69) is 13.8 Å². The Kier molecular flexibility index (Phi) is 2.86. The van der Waals surface area contributed by atoms with Crippen molar-refractivity contribution in [2.75, 3.05) is 12.8 Å². The molecule has 0 radical (unpaired) electrons. The lowest BCUT2D eigenvalue weighted by atomic mass is 9.99. The molecule has 0 spiro atoms. The van der Waals surface area contributed by atoms with Gasteiger partial charge in [0.05, 0.1) is 0 Å². The summed E-state index contributed by atoms with van der Waals surface area (Å²) >= 11 is 0. The predicted octanol–water partition coefficient (Wildman–Crippen LogP) is 2.53. The minimum absolute atomic E-state index is 0.0536. The number of benzene rings is 1. The highest BCUT2D eigenvalue weighted by Gasteiger charge is 2.45. The van der Waals surface area contributed by atoms with E-state index < -0.39 is 0 Å². The number of anilines is 1. The Morgan fingerprint density at radius 2 is 2.12 bits per heavy atom. The van der Waals surface area contributed by atoms with Crippen LogP contribution in [0.15, 0.2) is 24.3 Å². The van der Waals surface area contributed by atoms with E-state index in [1.807, 2.05) is 24.1 Å². The quantitative estimate of drug-likeness (QED) is 0.814. The average Bonchev–Trinajstić information content (AvgIpc) is 3.06. The van der Waals surface area contributed by atoms with Crippen LogP contribution in [0.3, 0.4) is 0 Å². The molecule has 0 saturated heterocycles. The van der Waals surface area contributed by atoms with Gasteiger partial charge in [-0.25, -0.2) is 0 Å². The molecule has 1 aliphatic rings. The lowest BCUT2D eigenvalue weighted by molar-refractivity contribution is 0.0684. The second-order valence-electron chi connectivity index (χ2n) is 5.37. The summed E-state index contributed by atoms with van der Waals surface area (Å²) < 4.78 is 0. The van der Waals surface area contributed by atoms with Crippen LogP contribution < -0.4 is 5.73 Å². The highest BCUT2D eigenvalue weighted by molar-refractivity contribution is 5.95. The van der Waals surface area contributed by atoms with Gasteiger partial charge in [0, 0.05) is 24.3 Å². The number of hydrogen-bond donors (Lipinski definition) is 1. The molecule has 0 heterocycles.